The van der Waals surface area contributed by atoms with E-state index in [1.165, 1.54) is 6.08 Å². The highest BCUT2D eigenvalue weighted by molar-refractivity contribution is 5.87. The lowest BCUT2D eigenvalue weighted by Gasteiger charge is -2.28. The Hall–Kier alpha value is -1.65. The molecule has 5 nitrogen and oxygen atoms in total. The van der Waals surface area contributed by atoms with E-state index in [4.69, 9.17) is 0 Å². The van der Waals surface area contributed by atoms with Gasteiger partial charge < -0.3 is 5.32 Å². The first-order valence-corrected chi connectivity index (χ1v) is 5.58. The Kier molecular flexibility index (Phi) is 3.34. The Bertz CT molecular complexity index is 352. The predicted molar refractivity (Wildman–Crippen MR) is 59.7 cm³/mol. The average molecular weight is 220 g/mol. The molecule has 1 aliphatic carbocycles. The third-order valence-electron chi connectivity index (χ3n) is 3.04. The molecule has 86 valence electrons. The molecule has 1 N–H and O–H groups in total. The third-order valence-corrected chi connectivity index (χ3v) is 3.04. The normalized spacial score (nSPS) is 25.0. The van der Waals surface area contributed by atoms with Gasteiger partial charge in [-0.2, -0.15) is 0 Å². The van der Waals surface area contributed by atoms with E-state index in [1.807, 2.05) is 10.9 Å². The smallest absolute Gasteiger partial charge is 0.243 e. The maximum atomic E-state index is 11.1. The van der Waals surface area contributed by atoms with Crippen molar-refractivity contribution >= 4 is 5.91 Å². The van der Waals surface area contributed by atoms with Crippen LogP contribution in [0.2, 0.25) is 0 Å². The maximum absolute atomic E-state index is 11.1. The fourth-order valence-corrected chi connectivity index (χ4v) is 2.16. The highest BCUT2D eigenvalue weighted by atomic mass is 16.1. The number of carbonyl (C=O) groups is 1. The van der Waals surface area contributed by atoms with Crippen LogP contribution in [0.25, 0.3) is 0 Å². The molecule has 1 saturated carbocycles. The van der Waals surface area contributed by atoms with Crippen molar-refractivity contribution in [1.29, 1.82) is 0 Å². The van der Waals surface area contributed by atoms with Crippen LogP contribution in [0.3, 0.4) is 0 Å². The monoisotopic (exact) mass is 220 g/mol. The van der Waals surface area contributed by atoms with Gasteiger partial charge in [0.2, 0.25) is 5.91 Å². The van der Waals surface area contributed by atoms with Crippen molar-refractivity contribution < 1.29 is 4.79 Å². The van der Waals surface area contributed by atoms with Gasteiger partial charge in [0.25, 0.3) is 0 Å². The summed E-state index contributed by atoms with van der Waals surface area (Å²) in [7, 11) is 0. The van der Waals surface area contributed by atoms with Crippen molar-refractivity contribution in [3.63, 3.8) is 0 Å². The Morgan fingerprint density at radius 1 is 1.44 bits per heavy atom. The Balaban J connectivity index is 1.83. The topological polar surface area (TPSA) is 59.8 Å². The second kappa shape index (κ2) is 4.92. The quantitative estimate of drug-likeness (QED) is 0.775. The summed E-state index contributed by atoms with van der Waals surface area (Å²) >= 11 is 0. The van der Waals surface area contributed by atoms with E-state index in [-0.39, 0.29) is 11.9 Å². The number of carbonyl (C=O) groups excluding carboxylic acids is 1. The number of rotatable bonds is 3. The van der Waals surface area contributed by atoms with Gasteiger partial charge >= 0.3 is 0 Å². The lowest BCUT2D eigenvalue weighted by molar-refractivity contribution is -0.117. The van der Waals surface area contributed by atoms with Crippen LogP contribution in [-0.2, 0) is 4.79 Å². The molecule has 0 aliphatic heterocycles. The van der Waals surface area contributed by atoms with E-state index in [0.717, 1.165) is 25.7 Å². The van der Waals surface area contributed by atoms with Crippen LogP contribution in [0.4, 0.5) is 0 Å². The number of nitrogens with one attached hydrogen (secondary N) is 1. The van der Waals surface area contributed by atoms with Crippen LogP contribution in [0.15, 0.2) is 25.0 Å². The zero-order valence-electron chi connectivity index (χ0n) is 9.17. The SMILES string of the molecule is C=CC(=O)NC1CCC(n2ccnn2)CC1. The number of hydrogen-bond donors (Lipinski definition) is 1. The molecule has 0 unspecified atom stereocenters. The lowest BCUT2D eigenvalue weighted by Crippen LogP contribution is -2.37. The molecule has 1 aromatic heterocycles. The molecule has 1 heterocycles. The third kappa shape index (κ3) is 2.48. The second-order valence-electron chi connectivity index (χ2n) is 4.10. The van der Waals surface area contributed by atoms with Gasteiger partial charge in [-0.05, 0) is 31.8 Å². The molecule has 1 aromatic rings. The van der Waals surface area contributed by atoms with Crippen LogP contribution in [0.1, 0.15) is 31.7 Å². The maximum Gasteiger partial charge on any atom is 0.243 e. The molecular weight excluding hydrogens is 204 g/mol. The molecule has 0 spiro atoms. The zero-order chi connectivity index (χ0) is 11.4. The van der Waals surface area contributed by atoms with Gasteiger partial charge in [-0.25, -0.2) is 4.68 Å². The molecular formula is C11H16N4O. The Labute approximate surface area is 94.5 Å². The van der Waals surface area contributed by atoms with Gasteiger partial charge in [-0.1, -0.05) is 11.8 Å². The first-order valence-electron chi connectivity index (χ1n) is 5.58. The summed E-state index contributed by atoms with van der Waals surface area (Å²) in [6, 6.07) is 0.713. The number of nitrogens with zero attached hydrogens (tertiary/aromatic N) is 3. The molecule has 1 fully saturated rings. The Morgan fingerprint density at radius 2 is 2.19 bits per heavy atom. The summed E-state index contributed by atoms with van der Waals surface area (Å²) in [4.78, 5) is 11.1. The Morgan fingerprint density at radius 3 is 2.75 bits per heavy atom. The molecule has 1 aliphatic rings. The van der Waals surface area contributed by atoms with Crippen LogP contribution < -0.4 is 5.32 Å². The first kappa shape index (κ1) is 10.9. The number of aromatic nitrogens is 3. The van der Waals surface area contributed by atoms with Gasteiger partial charge in [0.15, 0.2) is 0 Å². The van der Waals surface area contributed by atoms with Crippen molar-refractivity contribution in [1.82, 2.24) is 20.3 Å². The van der Waals surface area contributed by atoms with Gasteiger partial charge in [-0.15, -0.1) is 5.10 Å². The standard InChI is InChI=1S/C11H16N4O/c1-2-11(16)13-9-3-5-10(6-4-9)15-8-7-12-14-15/h2,7-10H,1,3-6H2,(H,13,16). The summed E-state index contributed by atoms with van der Waals surface area (Å²) in [5.74, 6) is -0.0794. The van der Waals surface area contributed by atoms with E-state index >= 15 is 0 Å². The summed E-state index contributed by atoms with van der Waals surface area (Å²) < 4.78 is 1.91. The second-order valence-corrected chi connectivity index (χ2v) is 4.10. The highest BCUT2D eigenvalue weighted by Crippen LogP contribution is 2.27. The highest BCUT2D eigenvalue weighted by Gasteiger charge is 2.23. The number of amides is 1. The summed E-state index contributed by atoms with van der Waals surface area (Å²) in [6.45, 7) is 3.45. The molecule has 5 heteroatoms. The minimum Gasteiger partial charge on any atom is -0.350 e. The minimum atomic E-state index is -0.0794. The lowest BCUT2D eigenvalue weighted by atomic mass is 9.91. The number of hydrogen-bond acceptors (Lipinski definition) is 3. The fraction of sp³-hybridized carbons (Fsp3) is 0.545. The molecule has 0 radical (unpaired) electrons. The minimum absolute atomic E-state index is 0.0794. The van der Waals surface area contributed by atoms with E-state index in [1.54, 1.807) is 6.20 Å². The molecule has 0 atom stereocenters. The van der Waals surface area contributed by atoms with Crippen molar-refractivity contribution in [2.75, 3.05) is 0 Å². The van der Waals surface area contributed by atoms with Crippen LogP contribution in [0.5, 0.6) is 0 Å². The van der Waals surface area contributed by atoms with Crippen molar-refractivity contribution in [3.05, 3.63) is 25.0 Å². The van der Waals surface area contributed by atoms with Gasteiger partial charge in [0, 0.05) is 12.2 Å². The van der Waals surface area contributed by atoms with E-state index < -0.39 is 0 Å². The average Bonchev–Trinajstić information content (AvgIpc) is 2.83. The molecule has 16 heavy (non-hydrogen) atoms. The van der Waals surface area contributed by atoms with Crippen molar-refractivity contribution in [3.8, 4) is 0 Å². The fourth-order valence-electron chi connectivity index (χ4n) is 2.16. The van der Waals surface area contributed by atoms with E-state index in [0.29, 0.717) is 6.04 Å². The van der Waals surface area contributed by atoms with Crippen LogP contribution in [0, 0.1) is 0 Å². The van der Waals surface area contributed by atoms with Crippen molar-refractivity contribution in [2.24, 2.45) is 0 Å². The first-order chi connectivity index (χ1) is 7.79. The molecule has 0 saturated heterocycles. The largest absolute Gasteiger partial charge is 0.350 e. The van der Waals surface area contributed by atoms with Gasteiger partial charge in [0.1, 0.15) is 0 Å². The van der Waals surface area contributed by atoms with Crippen LogP contribution >= 0.6 is 0 Å². The van der Waals surface area contributed by atoms with Crippen LogP contribution in [-0.4, -0.2) is 26.9 Å². The summed E-state index contributed by atoms with van der Waals surface area (Å²) in [6.07, 6.45) is 8.97. The summed E-state index contributed by atoms with van der Waals surface area (Å²) in [5.41, 5.74) is 0. The molecule has 0 aromatic carbocycles. The predicted octanol–water partition coefficient (Wildman–Crippen LogP) is 1.06. The molecule has 2 rings (SSSR count). The van der Waals surface area contributed by atoms with Crippen molar-refractivity contribution in [2.45, 2.75) is 37.8 Å². The molecule has 0 bridgehead atoms. The summed E-state index contributed by atoms with van der Waals surface area (Å²) in [5, 5.41) is 10.7. The molecule has 1 amide bonds. The van der Waals surface area contributed by atoms with E-state index in [9.17, 15) is 4.79 Å². The van der Waals surface area contributed by atoms with Gasteiger partial charge in [-0.3, -0.25) is 4.79 Å². The van der Waals surface area contributed by atoms with E-state index in [2.05, 4.69) is 22.2 Å². The zero-order valence-corrected chi connectivity index (χ0v) is 9.17. The van der Waals surface area contributed by atoms with Gasteiger partial charge in [0.05, 0.1) is 12.2 Å².